The highest BCUT2D eigenvalue weighted by atomic mass is 32.1. The average molecular weight is 224 g/mol. The quantitative estimate of drug-likeness (QED) is 0.836. The number of nitrogens with two attached hydrogens (primary N) is 1. The van der Waals surface area contributed by atoms with Crippen molar-refractivity contribution in [3.8, 4) is 0 Å². The summed E-state index contributed by atoms with van der Waals surface area (Å²) in [4.78, 5) is 3.96. The summed E-state index contributed by atoms with van der Waals surface area (Å²) in [6.45, 7) is 2.02. The third-order valence-electron chi connectivity index (χ3n) is 3.39. The summed E-state index contributed by atoms with van der Waals surface area (Å²) in [6.07, 6.45) is 3.92. The van der Waals surface area contributed by atoms with Gasteiger partial charge in [0, 0.05) is 10.9 Å². The number of hydrogen-bond acceptors (Lipinski definition) is 3. The molecule has 3 heteroatoms. The molecule has 2 atom stereocenters. The SMILES string of the molecule is CN1CCCCC(CN)C1c1cccs1. The molecule has 0 bridgehead atoms. The molecule has 0 aliphatic carbocycles. The van der Waals surface area contributed by atoms with E-state index in [1.54, 1.807) is 0 Å². The molecule has 1 aliphatic heterocycles. The minimum absolute atomic E-state index is 0.553. The van der Waals surface area contributed by atoms with Crippen molar-refractivity contribution >= 4 is 11.3 Å². The van der Waals surface area contributed by atoms with Gasteiger partial charge in [0.2, 0.25) is 0 Å². The molecular weight excluding hydrogens is 204 g/mol. The lowest BCUT2D eigenvalue weighted by molar-refractivity contribution is 0.199. The molecule has 15 heavy (non-hydrogen) atoms. The number of thiophene rings is 1. The molecule has 2 heterocycles. The van der Waals surface area contributed by atoms with Gasteiger partial charge in [-0.3, -0.25) is 4.90 Å². The molecule has 1 fully saturated rings. The molecule has 0 radical (unpaired) electrons. The highest BCUT2D eigenvalue weighted by Crippen LogP contribution is 2.35. The second-order valence-corrected chi connectivity index (χ2v) is 5.41. The normalized spacial score (nSPS) is 28.9. The van der Waals surface area contributed by atoms with Crippen LogP contribution in [0.4, 0.5) is 0 Å². The van der Waals surface area contributed by atoms with Gasteiger partial charge in [-0.15, -0.1) is 11.3 Å². The van der Waals surface area contributed by atoms with E-state index in [-0.39, 0.29) is 0 Å². The van der Waals surface area contributed by atoms with Crippen molar-refractivity contribution in [1.82, 2.24) is 4.90 Å². The minimum Gasteiger partial charge on any atom is -0.330 e. The maximum atomic E-state index is 5.91. The van der Waals surface area contributed by atoms with E-state index in [1.807, 2.05) is 11.3 Å². The van der Waals surface area contributed by atoms with Crippen LogP contribution in [0.3, 0.4) is 0 Å². The van der Waals surface area contributed by atoms with Crippen molar-refractivity contribution in [2.24, 2.45) is 11.7 Å². The Labute approximate surface area is 96.1 Å². The van der Waals surface area contributed by atoms with Crippen LogP contribution in [0.15, 0.2) is 17.5 Å². The molecule has 1 aromatic heterocycles. The van der Waals surface area contributed by atoms with Crippen LogP contribution in [0.1, 0.15) is 30.2 Å². The van der Waals surface area contributed by atoms with Crippen molar-refractivity contribution in [2.45, 2.75) is 25.3 Å². The zero-order chi connectivity index (χ0) is 10.7. The Bertz CT molecular complexity index is 284. The van der Waals surface area contributed by atoms with Crippen LogP contribution in [0.5, 0.6) is 0 Å². The Morgan fingerprint density at radius 3 is 3.07 bits per heavy atom. The molecule has 2 unspecified atom stereocenters. The van der Waals surface area contributed by atoms with Gasteiger partial charge < -0.3 is 5.73 Å². The van der Waals surface area contributed by atoms with Gasteiger partial charge in [0.05, 0.1) is 0 Å². The maximum absolute atomic E-state index is 5.91. The van der Waals surface area contributed by atoms with E-state index in [4.69, 9.17) is 5.73 Å². The molecule has 0 spiro atoms. The van der Waals surface area contributed by atoms with Gasteiger partial charge in [-0.2, -0.15) is 0 Å². The van der Waals surface area contributed by atoms with Crippen molar-refractivity contribution in [3.63, 3.8) is 0 Å². The topological polar surface area (TPSA) is 29.3 Å². The Morgan fingerprint density at radius 1 is 1.53 bits per heavy atom. The minimum atomic E-state index is 0.553. The molecule has 2 rings (SSSR count). The van der Waals surface area contributed by atoms with E-state index < -0.39 is 0 Å². The molecule has 1 aliphatic rings. The summed E-state index contributed by atoms with van der Waals surface area (Å²) >= 11 is 1.86. The predicted molar refractivity (Wildman–Crippen MR) is 66.1 cm³/mol. The highest BCUT2D eigenvalue weighted by Gasteiger charge is 2.28. The summed E-state index contributed by atoms with van der Waals surface area (Å²) in [5.41, 5.74) is 5.91. The number of likely N-dealkylation sites (tertiary alicyclic amines) is 1. The fraction of sp³-hybridized carbons (Fsp3) is 0.667. The van der Waals surface area contributed by atoms with E-state index in [9.17, 15) is 0 Å². The van der Waals surface area contributed by atoms with E-state index in [0.717, 1.165) is 6.54 Å². The van der Waals surface area contributed by atoms with Gasteiger partial charge in [-0.25, -0.2) is 0 Å². The summed E-state index contributed by atoms with van der Waals surface area (Å²) in [5.74, 6) is 0.635. The standard InChI is InChI=1S/C12H20N2S/c1-14-7-3-2-5-10(9-13)12(14)11-6-4-8-15-11/h4,6,8,10,12H,2-3,5,7,9,13H2,1H3. The lowest BCUT2D eigenvalue weighted by Gasteiger charge is -2.30. The molecule has 0 aromatic carbocycles. The number of nitrogens with zero attached hydrogens (tertiary/aromatic N) is 1. The van der Waals surface area contributed by atoms with E-state index in [0.29, 0.717) is 12.0 Å². The van der Waals surface area contributed by atoms with Gasteiger partial charge in [0.1, 0.15) is 0 Å². The summed E-state index contributed by atoms with van der Waals surface area (Å²) < 4.78 is 0. The van der Waals surface area contributed by atoms with Crippen molar-refractivity contribution in [1.29, 1.82) is 0 Å². The Morgan fingerprint density at radius 2 is 2.40 bits per heavy atom. The Balaban J connectivity index is 2.22. The number of hydrogen-bond donors (Lipinski definition) is 1. The van der Waals surface area contributed by atoms with Crippen LogP contribution in [0, 0.1) is 5.92 Å². The van der Waals surface area contributed by atoms with Gasteiger partial charge in [0.25, 0.3) is 0 Å². The molecule has 1 aromatic rings. The zero-order valence-electron chi connectivity index (χ0n) is 9.36. The second-order valence-electron chi connectivity index (χ2n) is 4.43. The molecular formula is C12H20N2S. The lowest BCUT2D eigenvalue weighted by atomic mass is 9.94. The third kappa shape index (κ3) is 2.41. The van der Waals surface area contributed by atoms with Gasteiger partial charge in [-0.05, 0) is 50.3 Å². The van der Waals surface area contributed by atoms with Crippen molar-refractivity contribution in [3.05, 3.63) is 22.4 Å². The van der Waals surface area contributed by atoms with E-state index in [1.165, 1.54) is 30.7 Å². The Hall–Kier alpha value is -0.380. The summed E-state index contributed by atoms with van der Waals surface area (Å²) in [6, 6.07) is 4.95. The summed E-state index contributed by atoms with van der Waals surface area (Å²) in [5, 5.41) is 2.17. The molecule has 2 N–H and O–H groups in total. The van der Waals surface area contributed by atoms with Crippen LogP contribution in [-0.4, -0.2) is 25.0 Å². The molecule has 2 nitrogen and oxygen atoms in total. The highest BCUT2D eigenvalue weighted by molar-refractivity contribution is 7.10. The van der Waals surface area contributed by atoms with Gasteiger partial charge in [0.15, 0.2) is 0 Å². The first-order chi connectivity index (χ1) is 7.33. The van der Waals surface area contributed by atoms with Crippen LogP contribution in [-0.2, 0) is 0 Å². The van der Waals surface area contributed by atoms with Gasteiger partial charge >= 0.3 is 0 Å². The van der Waals surface area contributed by atoms with Crippen LogP contribution in [0.25, 0.3) is 0 Å². The molecule has 0 saturated carbocycles. The first-order valence-corrected chi connectivity index (χ1v) is 6.64. The largest absolute Gasteiger partial charge is 0.330 e. The fourth-order valence-corrected chi connectivity index (χ4v) is 3.56. The second kappa shape index (κ2) is 5.10. The van der Waals surface area contributed by atoms with E-state index in [2.05, 4.69) is 29.5 Å². The molecule has 84 valence electrons. The third-order valence-corrected chi connectivity index (χ3v) is 4.34. The number of rotatable bonds is 2. The first-order valence-electron chi connectivity index (χ1n) is 5.76. The summed E-state index contributed by atoms with van der Waals surface area (Å²) in [7, 11) is 2.23. The zero-order valence-corrected chi connectivity index (χ0v) is 10.2. The molecule has 1 saturated heterocycles. The van der Waals surface area contributed by atoms with Crippen molar-refractivity contribution in [2.75, 3.05) is 20.1 Å². The monoisotopic (exact) mass is 224 g/mol. The molecule has 0 amide bonds. The fourth-order valence-electron chi connectivity index (χ4n) is 2.58. The van der Waals surface area contributed by atoms with E-state index >= 15 is 0 Å². The smallest absolute Gasteiger partial charge is 0.0478 e. The predicted octanol–water partition coefficient (Wildman–Crippen LogP) is 2.48. The average Bonchev–Trinajstić information content (AvgIpc) is 2.69. The Kier molecular flexibility index (Phi) is 3.78. The van der Waals surface area contributed by atoms with Gasteiger partial charge in [-0.1, -0.05) is 12.5 Å². The van der Waals surface area contributed by atoms with Crippen LogP contribution < -0.4 is 5.73 Å². The first kappa shape index (κ1) is 11.1. The lowest BCUT2D eigenvalue weighted by Crippen LogP contribution is -2.32. The van der Waals surface area contributed by atoms with Crippen LogP contribution >= 0.6 is 11.3 Å². The van der Waals surface area contributed by atoms with Crippen LogP contribution in [0.2, 0.25) is 0 Å². The van der Waals surface area contributed by atoms with Crippen molar-refractivity contribution < 1.29 is 0 Å². The maximum Gasteiger partial charge on any atom is 0.0478 e.